The summed E-state index contributed by atoms with van der Waals surface area (Å²) in [5.74, 6) is 0.313. The van der Waals surface area contributed by atoms with Crippen LogP contribution in [0.4, 0.5) is 10.1 Å². The molecule has 0 aromatic heterocycles. The summed E-state index contributed by atoms with van der Waals surface area (Å²) in [5, 5.41) is 27.3. The van der Waals surface area contributed by atoms with Crippen LogP contribution in [-0.2, 0) is 4.79 Å². The van der Waals surface area contributed by atoms with Crippen molar-refractivity contribution in [3.63, 3.8) is 0 Å². The van der Waals surface area contributed by atoms with Crippen LogP contribution >= 0.6 is 11.9 Å². The Morgan fingerprint density at radius 1 is 1.34 bits per heavy atom. The normalized spacial score (nSPS) is 19.4. The molecule has 154 valence electrons. The van der Waals surface area contributed by atoms with Gasteiger partial charge >= 0.3 is 0 Å². The second kappa shape index (κ2) is 10.7. The van der Waals surface area contributed by atoms with Gasteiger partial charge in [0.1, 0.15) is 12.1 Å². The van der Waals surface area contributed by atoms with Crippen molar-refractivity contribution >= 4 is 36.4 Å². The van der Waals surface area contributed by atoms with Crippen molar-refractivity contribution in [1.29, 1.82) is 10.8 Å². The van der Waals surface area contributed by atoms with Crippen LogP contribution in [0.25, 0.3) is 0 Å². The van der Waals surface area contributed by atoms with Crippen LogP contribution in [0.15, 0.2) is 59.0 Å². The summed E-state index contributed by atoms with van der Waals surface area (Å²) < 4.78 is 13.2. The van der Waals surface area contributed by atoms with Gasteiger partial charge < -0.3 is 26.2 Å². The van der Waals surface area contributed by atoms with Crippen molar-refractivity contribution in [3.05, 3.63) is 64.8 Å². The summed E-state index contributed by atoms with van der Waals surface area (Å²) in [5.41, 5.74) is 2.79. The van der Waals surface area contributed by atoms with Crippen LogP contribution in [0.5, 0.6) is 0 Å². The van der Waals surface area contributed by atoms with Gasteiger partial charge in [-0.1, -0.05) is 17.5 Å². The first-order valence-corrected chi connectivity index (χ1v) is 10.2. The van der Waals surface area contributed by atoms with Gasteiger partial charge in [-0.15, -0.1) is 0 Å². The lowest BCUT2D eigenvalue weighted by molar-refractivity contribution is -0.114. The first-order valence-electron chi connectivity index (χ1n) is 9.14. The molecule has 1 aliphatic rings. The average molecular weight is 416 g/mol. The molecule has 0 amide bonds. The fourth-order valence-electron chi connectivity index (χ4n) is 3.41. The molecule has 0 saturated heterocycles. The lowest BCUT2D eigenvalue weighted by Crippen LogP contribution is -2.32. The third-order valence-electron chi connectivity index (χ3n) is 4.86. The Morgan fingerprint density at radius 2 is 2.07 bits per heavy atom. The lowest BCUT2D eigenvalue weighted by Gasteiger charge is -2.36. The number of hydrogen-bond donors (Lipinski definition) is 5. The maximum atomic E-state index is 13.2. The van der Waals surface area contributed by atoms with Crippen molar-refractivity contribution in [2.45, 2.75) is 19.3 Å². The van der Waals surface area contributed by atoms with Crippen molar-refractivity contribution < 1.29 is 9.18 Å². The molecule has 29 heavy (non-hydrogen) atoms. The topological polar surface area (TPSA) is 115 Å². The monoisotopic (exact) mass is 415 g/mol. The predicted octanol–water partition coefficient (Wildman–Crippen LogP) is 3.80. The Hall–Kier alpha value is -2.71. The molecule has 0 saturated carbocycles. The third-order valence-corrected chi connectivity index (χ3v) is 5.30. The third kappa shape index (κ3) is 5.65. The molecular formula is C21H26FN5OS. The lowest BCUT2D eigenvalue weighted by atomic mass is 9.68. The number of carbonyl (C=O) groups excluding carboxylic acids is 1. The number of carbonyl (C=O) groups is 1. The van der Waals surface area contributed by atoms with Crippen molar-refractivity contribution in [1.82, 2.24) is 5.32 Å². The van der Waals surface area contributed by atoms with Crippen molar-refractivity contribution in [2.24, 2.45) is 10.6 Å². The molecule has 1 aliphatic carbocycles. The number of nitrogens with two attached hydrogens (primary N) is 1. The van der Waals surface area contributed by atoms with Gasteiger partial charge in [0.05, 0.1) is 5.41 Å². The maximum absolute atomic E-state index is 13.2. The molecule has 1 unspecified atom stereocenters. The Bertz CT molecular complexity index is 847. The summed E-state index contributed by atoms with van der Waals surface area (Å²) in [6, 6.07) is 5.97. The van der Waals surface area contributed by atoms with Crippen molar-refractivity contribution in [3.8, 4) is 0 Å². The highest BCUT2D eigenvalue weighted by atomic mass is 32.2. The number of halogens is 1. The highest BCUT2D eigenvalue weighted by molar-refractivity contribution is 7.97. The fourth-order valence-corrected chi connectivity index (χ4v) is 3.75. The standard InChI is InChI=1S/C21H26FN5OS/c1-26-13-15(11-23)9-21(14-28)10-16(12-24)20(8-17(21)6-7-29-25)27-19-4-2-18(22)3-5-19/h2-5,8,11-14,23-24,26-27H,6-7,9-10,25H2,1H3/b15-13-,23-11?,24-12?. The molecule has 0 radical (unpaired) electrons. The van der Waals surface area contributed by atoms with Crippen LogP contribution in [0, 0.1) is 22.1 Å². The Kier molecular flexibility index (Phi) is 8.35. The van der Waals surface area contributed by atoms with Gasteiger partial charge in [0.15, 0.2) is 0 Å². The second-order valence-electron chi connectivity index (χ2n) is 6.79. The Labute approximate surface area is 174 Å². The molecule has 0 aliphatic heterocycles. The summed E-state index contributed by atoms with van der Waals surface area (Å²) in [6.07, 6.45) is 8.27. The summed E-state index contributed by atoms with van der Waals surface area (Å²) in [6.45, 7) is 0. The summed E-state index contributed by atoms with van der Waals surface area (Å²) in [7, 11) is 1.74. The largest absolute Gasteiger partial charge is 0.394 e. The molecular weight excluding hydrogens is 389 g/mol. The van der Waals surface area contributed by atoms with Crippen LogP contribution in [-0.4, -0.2) is 31.5 Å². The minimum absolute atomic E-state index is 0.327. The van der Waals surface area contributed by atoms with E-state index in [1.807, 2.05) is 6.08 Å². The van der Waals surface area contributed by atoms with Crippen LogP contribution in [0.2, 0.25) is 0 Å². The Morgan fingerprint density at radius 3 is 2.62 bits per heavy atom. The van der Waals surface area contributed by atoms with E-state index in [1.54, 1.807) is 25.4 Å². The van der Waals surface area contributed by atoms with Gasteiger partial charge in [-0.25, -0.2) is 4.39 Å². The second-order valence-corrected chi connectivity index (χ2v) is 7.53. The number of anilines is 1. The quantitative estimate of drug-likeness (QED) is 0.214. The number of aldehydes is 1. The van der Waals surface area contributed by atoms with E-state index in [-0.39, 0.29) is 5.82 Å². The SMILES string of the molecule is CN/C=C(\C=N)CC1(C=O)CC(C=N)=C(Nc2ccc(F)cc2)C=C1CCSN. The first kappa shape index (κ1) is 22.6. The summed E-state index contributed by atoms with van der Waals surface area (Å²) in [4.78, 5) is 12.3. The van der Waals surface area contributed by atoms with E-state index < -0.39 is 5.41 Å². The molecule has 8 heteroatoms. The summed E-state index contributed by atoms with van der Waals surface area (Å²) >= 11 is 1.20. The highest BCUT2D eigenvalue weighted by Crippen LogP contribution is 2.44. The van der Waals surface area contributed by atoms with Gasteiger partial charge in [-0.2, -0.15) is 0 Å². The van der Waals surface area contributed by atoms with Crippen LogP contribution < -0.4 is 15.8 Å². The molecule has 1 atom stereocenters. The van der Waals surface area contributed by atoms with E-state index >= 15 is 0 Å². The van der Waals surface area contributed by atoms with E-state index in [0.29, 0.717) is 47.5 Å². The zero-order valence-corrected chi connectivity index (χ0v) is 17.1. The molecule has 0 heterocycles. The smallest absolute Gasteiger partial charge is 0.130 e. The molecule has 0 fully saturated rings. The maximum Gasteiger partial charge on any atom is 0.130 e. The first-order chi connectivity index (χ1) is 14.0. The Balaban J connectivity index is 2.46. The van der Waals surface area contributed by atoms with E-state index in [2.05, 4.69) is 10.6 Å². The zero-order valence-electron chi connectivity index (χ0n) is 16.3. The van der Waals surface area contributed by atoms with Gasteiger partial charge in [-0.05, 0) is 60.8 Å². The average Bonchev–Trinajstić information content (AvgIpc) is 2.74. The van der Waals surface area contributed by atoms with E-state index in [1.165, 1.54) is 36.5 Å². The van der Waals surface area contributed by atoms with Crippen LogP contribution in [0.1, 0.15) is 19.3 Å². The molecule has 1 aromatic carbocycles. The molecule has 2 rings (SSSR count). The minimum Gasteiger partial charge on any atom is -0.394 e. The number of nitrogens with one attached hydrogen (secondary N) is 4. The highest BCUT2D eigenvalue weighted by Gasteiger charge is 2.38. The minimum atomic E-state index is -0.850. The molecule has 1 aromatic rings. The zero-order chi connectivity index (χ0) is 21.3. The predicted molar refractivity (Wildman–Crippen MR) is 119 cm³/mol. The number of hydrogen-bond acceptors (Lipinski definition) is 7. The van der Waals surface area contributed by atoms with Gasteiger partial charge in [0.2, 0.25) is 0 Å². The van der Waals surface area contributed by atoms with Gasteiger partial charge in [0, 0.05) is 42.8 Å². The molecule has 6 N–H and O–H groups in total. The number of allylic oxidation sites excluding steroid dienone is 4. The number of rotatable bonds is 11. The van der Waals surface area contributed by atoms with Crippen LogP contribution in [0.3, 0.4) is 0 Å². The van der Waals surface area contributed by atoms with E-state index in [0.717, 1.165) is 11.9 Å². The van der Waals surface area contributed by atoms with E-state index in [4.69, 9.17) is 16.0 Å². The number of benzene rings is 1. The van der Waals surface area contributed by atoms with Gasteiger partial charge in [-0.3, -0.25) is 5.14 Å². The molecule has 6 nitrogen and oxygen atoms in total. The van der Waals surface area contributed by atoms with Gasteiger partial charge in [0.25, 0.3) is 0 Å². The fraction of sp³-hybridized carbons (Fsp3) is 0.286. The van der Waals surface area contributed by atoms with E-state index in [9.17, 15) is 9.18 Å². The molecule has 0 spiro atoms. The van der Waals surface area contributed by atoms with Crippen molar-refractivity contribution in [2.75, 3.05) is 18.1 Å². The molecule has 0 bridgehead atoms.